The smallest absolute Gasteiger partial charge is 0.269 e. The topological polar surface area (TPSA) is 124 Å². The number of carbonyl (C=O) groups is 1. The number of rotatable bonds is 10. The molecule has 0 radical (unpaired) electrons. The fourth-order valence-corrected chi connectivity index (χ4v) is 3.47. The van der Waals surface area contributed by atoms with Crippen molar-refractivity contribution >= 4 is 35.0 Å². The molecule has 0 aromatic heterocycles. The summed E-state index contributed by atoms with van der Waals surface area (Å²) >= 11 is 6.40. The number of halogens is 1. The van der Waals surface area contributed by atoms with Crippen molar-refractivity contribution in [1.29, 1.82) is 5.26 Å². The first-order valence-corrected chi connectivity index (χ1v) is 11.1. The quantitative estimate of drug-likeness (QED) is 0.159. The molecule has 0 aliphatic rings. The number of nitriles is 1. The van der Waals surface area contributed by atoms with E-state index in [2.05, 4.69) is 5.32 Å². The third kappa shape index (κ3) is 6.74. The first-order valence-electron chi connectivity index (χ1n) is 10.7. The molecule has 0 heterocycles. The highest BCUT2D eigenvalue weighted by atomic mass is 35.5. The molecular formula is C26H22ClN3O6. The Morgan fingerprint density at radius 2 is 1.92 bits per heavy atom. The molecule has 0 atom stereocenters. The van der Waals surface area contributed by atoms with Gasteiger partial charge in [0.05, 0.1) is 23.7 Å². The summed E-state index contributed by atoms with van der Waals surface area (Å²) < 4.78 is 16.5. The van der Waals surface area contributed by atoms with E-state index in [4.69, 9.17) is 25.8 Å². The first-order chi connectivity index (χ1) is 17.3. The molecule has 0 spiro atoms. The minimum absolute atomic E-state index is 0.0148. The highest BCUT2D eigenvalue weighted by Crippen LogP contribution is 2.37. The average molecular weight is 508 g/mol. The molecule has 3 rings (SSSR count). The fourth-order valence-electron chi connectivity index (χ4n) is 3.19. The third-order valence-corrected chi connectivity index (χ3v) is 5.14. The summed E-state index contributed by atoms with van der Waals surface area (Å²) in [5.74, 6) is 0.562. The summed E-state index contributed by atoms with van der Waals surface area (Å²) in [5.41, 5.74) is 1.32. The van der Waals surface area contributed by atoms with Crippen molar-refractivity contribution < 1.29 is 23.9 Å². The molecule has 1 N–H and O–H groups in total. The zero-order valence-electron chi connectivity index (χ0n) is 19.5. The van der Waals surface area contributed by atoms with Crippen LogP contribution in [0.4, 0.5) is 11.4 Å². The average Bonchev–Trinajstić information content (AvgIpc) is 2.87. The Morgan fingerprint density at radius 3 is 2.56 bits per heavy atom. The lowest BCUT2D eigenvalue weighted by Crippen LogP contribution is -2.13. The van der Waals surface area contributed by atoms with Crippen LogP contribution in [0.1, 0.15) is 18.1 Å². The Kier molecular flexibility index (Phi) is 8.86. The number of anilines is 1. The van der Waals surface area contributed by atoms with E-state index < -0.39 is 10.8 Å². The maximum absolute atomic E-state index is 12.6. The van der Waals surface area contributed by atoms with E-state index in [0.29, 0.717) is 29.2 Å². The first kappa shape index (κ1) is 26.1. The van der Waals surface area contributed by atoms with Crippen LogP contribution < -0.4 is 19.5 Å². The number of nitrogens with one attached hydrogen (secondary N) is 1. The number of methoxy groups -OCH3 is 1. The lowest BCUT2D eigenvalue weighted by atomic mass is 10.1. The summed E-state index contributed by atoms with van der Waals surface area (Å²) in [6.07, 6.45) is 1.38. The van der Waals surface area contributed by atoms with Crippen LogP contribution >= 0.6 is 11.6 Å². The molecule has 0 saturated heterocycles. The van der Waals surface area contributed by atoms with E-state index in [1.165, 1.54) is 31.4 Å². The predicted octanol–water partition coefficient (Wildman–Crippen LogP) is 5.78. The van der Waals surface area contributed by atoms with Crippen LogP contribution in [0.25, 0.3) is 6.08 Å². The number of nitrogens with zero attached hydrogens (tertiary/aromatic N) is 2. The second-order valence-corrected chi connectivity index (χ2v) is 7.74. The van der Waals surface area contributed by atoms with Gasteiger partial charge in [0.2, 0.25) is 0 Å². The molecule has 3 aromatic carbocycles. The third-order valence-electron chi connectivity index (χ3n) is 4.86. The van der Waals surface area contributed by atoms with Crippen molar-refractivity contribution in [2.75, 3.05) is 19.0 Å². The Labute approximate surface area is 212 Å². The monoisotopic (exact) mass is 507 g/mol. The number of non-ortho nitro benzene ring substituents is 1. The number of hydrogen-bond donors (Lipinski definition) is 1. The molecule has 0 aliphatic heterocycles. The van der Waals surface area contributed by atoms with Crippen molar-refractivity contribution in [3.63, 3.8) is 0 Å². The molecule has 3 aromatic rings. The molecule has 10 heteroatoms. The fraction of sp³-hybridized carbons (Fsp3) is 0.154. The molecular weight excluding hydrogens is 486 g/mol. The Hall–Kier alpha value is -4.55. The maximum atomic E-state index is 12.6. The second kappa shape index (κ2) is 12.2. The SMILES string of the molecule is CCOc1ccc(NC(=O)/C(C#N)=C\c2cc(Cl)c(OCc3cccc([N+](=O)[O-])c3)c(OC)c2)cc1. The van der Waals surface area contributed by atoms with Crippen molar-refractivity contribution in [1.82, 2.24) is 0 Å². The van der Waals surface area contributed by atoms with Gasteiger partial charge in [-0.3, -0.25) is 14.9 Å². The zero-order valence-corrected chi connectivity index (χ0v) is 20.2. The minimum atomic E-state index is -0.595. The van der Waals surface area contributed by atoms with Gasteiger partial charge in [-0.1, -0.05) is 23.7 Å². The molecule has 0 fully saturated rings. The maximum Gasteiger partial charge on any atom is 0.269 e. The molecule has 0 saturated carbocycles. The lowest BCUT2D eigenvalue weighted by molar-refractivity contribution is -0.384. The van der Waals surface area contributed by atoms with E-state index in [0.717, 1.165) is 0 Å². The van der Waals surface area contributed by atoms with Gasteiger partial charge in [0.15, 0.2) is 11.5 Å². The van der Waals surface area contributed by atoms with Crippen molar-refractivity contribution in [2.45, 2.75) is 13.5 Å². The molecule has 0 aliphatic carbocycles. The molecule has 36 heavy (non-hydrogen) atoms. The van der Waals surface area contributed by atoms with Crippen LogP contribution in [0, 0.1) is 21.4 Å². The van der Waals surface area contributed by atoms with Crippen molar-refractivity contribution in [3.8, 4) is 23.3 Å². The number of benzene rings is 3. The van der Waals surface area contributed by atoms with Crippen LogP contribution in [-0.4, -0.2) is 24.5 Å². The lowest BCUT2D eigenvalue weighted by Gasteiger charge is -2.13. The number of amides is 1. The van der Waals surface area contributed by atoms with Crippen LogP contribution in [0.15, 0.2) is 66.2 Å². The number of carbonyl (C=O) groups excluding carboxylic acids is 1. The van der Waals surface area contributed by atoms with Crippen molar-refractivity contribution in [3.05, 3.63) is 92.5 Å². The molecule has 0 unspecified atom stereocenters. The van der Waals surface area contributed by atoms with Gasteiger partial charge in [0, 0.05) is 17.8 Å². The summed E-state index contributed by atoms with van der Waals surface area (Å²) in [6, 6.07) is 17.8. The van der Waals surface area contributed by atoms with E-state index in [1.54, 1.807) is 42.5 Å². The molecule has 1 amide bonds. The molecule has 0 bridgehead atoms. The van der Waals surface area contributed by atoms with Crippen LogP contribution in [0.5, 0.6) is 17.2 Å². The van der Waals surface area contributed by atoms with Crippen molar-refractivity contribution in [2.24, 2.45) is 0 Å². The standard InChI is InChI=1S/C26H22ClN3O6/c1-3-35-22-9-7-20(8-10-22)29-26(31)19(15-28)11-18-13-23(27)25(24(14-18)34-2)36-16-17-5-4-6-21(12-17)30(32)33/h4-14H,3,16H2,1-2H3,(H,29,31)/b19-11-. The number of hydrogen-bond acceptors (Lipinski definition) is 7. The van der Waals surface area contributed by atoms with Gasteiger partial charge < -0.3 is 19.5 Å². The van der Waals surface area contributed by atoms with Crippen LogP contribution in [0.2, 0.25) is 5.02 Å². The normalized spacial score (nSPS) is 10.8. The summed E-state index contributed by atoms with van der Waals surface area (Å²) in [4.78, 5) is 23.1. The highest BCUT2D eigenvalue weighted by Gasteiger charge is 2.15. The van der Waals surface area contributed by atoms with E-state index in [-0.39, 0.29) is 34.4 Å². The van der Waals surface area contributed by atoms with Gasteiger partial charge in [0.1, 0.15) is 24.0 Å². The number of nitro groups is 1. The van der Waals surface area contributed by atoms with E-state index >= 15 is 0 Å². The number of ether oxygens (including phenoxy) is 3. The van der Waals surface area contributed by atoms with E-state index in [9.17, 15) is 20.2 Å². The van der Waals surface area contributed by atoms with Gasteiger partial charge in [-0.25, -0.2) is 0 Å². The van der Waals surface area contributed by atoms with Gasteiger partial charge >= 0.3 is 0 Å². The minimum Gasteiger partial charge on any atom is -0.494 e. The number of nitro benzene ring substituents is 1. The van der Waals surface area contributed by atoms with Gasteiger partial charge in [0.25, 0.3) is 11.6 Å². The summed E-state index contributed by atoms with van der Waals surface area (Å²) in [6.45, 7) is 2.41. The summed E-state index contributed by atoms with van der Waals surface area (Å²) in [7, 11) is 1.42. The second-order valence-electron chi connectivity index (χ2n) is 7.33. The molecule has 9 nitrogen and oxygen atoms in total. The Bertz CT molecular complexity index is 1330. The Balaban J connectivity index is 1.78. The Morgan fingerprint density at radius 1 is 1.17 bits per heavy atom. The highest BCUT2D eigenvalue weighted by molar-refractivity contribution is 6.32. The summed E-state index contributed by atoms with van der Waals surface area (Å²) in [5, 5.41) is 23.4. The van der Waals surface area contributed by atoms with Gasteiger partial charge in [-0.05, 0) is 60.5 Å². The van der Waals surface area contributed by atoms with Gasteiger partial charge in [-0.15, -0.1) is 0 Å². The zero-order chi connectivity index (χ0) is 26.1. The predicted molar refractivity (Wildman–Crippen MR) is 135 cm³/mol. The van der Waals surface area contributed by atoms with Crippen LogP contribution in [-0.2, 0) is 11.4 Å². The van der Waals surface area contributed by atoms with E-state index in [1.807, 2.05) is 13.0 Å². The largest absolute Gasteiger partial charge is 0.494 e. The molecule has 184 valence electrons. The van der Waals surface area contributed by atoms with Gasteiger partial charge in [-0.2, -0.15) is 5.26 Å². The van der Waals surface area contributed by atoms with Crippen LogP contribution in [0.3, 0.4) is 0 Å².